The maximum absolute atomic E-state index is 11.8. The minimum atomic E-state index is -0.0135. The molecule has 0 bridgehead atoms. The van der Waals surface area contributed by atoms with E-state index in [4.69, 9.17) is 10.00 Å². The van der Waals surface area contributed by atoms with Crippen LogP contribution < -0.4 is 10.4 Å². The number of benzene rings is 1. The van der Waals surface area contributed by atoms with Crippen LogP contribution in [0.25, 0.3) is 0 Å². The van der Waals surface area contributed by atoms with E-state index in [9.17, 15) is 4.79 Å². The number of nitriles is 1. The molecule has 1 aromatic carbocycles. The van der Waals surface area contributed by atoms with Crippen LogP contribution in [0.3, 0.4) is 0 Å². The fourth-order valence-electron chi connectivity index (χ4n) is 1.92. The summed E-state index contributed by atoms with van der Waals surface area (Å²) in [5.41, 5.74) is 0.955. The number of rotatable bonds is 6. The molecule has 0 unspecified atom stereocenters. The Balaban J connectivity index is 1.88. The molecule has 0 aliphatic carbocycles. The fourth-order valence-corrected chi connectivity index (χ4v) is 1.92. The Morgan fingerprint density at radius 2 is 1.90 bits per heavy atom. The molecule has 0 radical (unpaired) electrons. The van der Waals surface area contributed by atoms with Gasteiger partial charge in [-0.15, -0.1) is 0 Å². The molecule has 0 saturated carbocycles. The van der Waals surface area contributed by atoms with Crippen LogP contribution in [0.1, 0.15) is 12.5 Å². The predicted octanol–water partition coefficient (Wildman–Crippen LogP) is 1.81. The van der Waals surface area contributed by atoms with Gasteiger partial charge in [-0.25, -0.2) is 4.79 Å². The van der Waals surface area contributed by atoms with Crippen molar-refractivity contribution in [3.05, 3.63) is 52.7 Å². The van der Waals surface area contributed by atoms with E-state index in [1.165, 1.54) is 0 Å². The molecule has 0 fully saturated rings. The summed E-state index contributed by atoms with van der Waals surface area (Å²) in [5.74, 6) is 0.745. The number of aromatic nitrogens is 2. The van der Waals surface area contributed by atoms with Crippen molar-refractivity contribution in [2.24, 2.45) is 0 Å². The van der Waals surface area contributed by atoms with Gasteiger partial charge >= 0.3 is 5.69 Å². The molecule has 1 heterocycles. The Kier molecular flexibility index (Phi) is 4.61. The van der Waals surface area contributed by atoms with Crippen molar-refractivity contribution in [3.8, 4) is 11.8 Å². The third kappa shape index (κ3) is 3.29. The Morgan fingerprint density at radius 3 is 2.50 bits per heavy atom. The van der Waals surface area contributed by atoms with Crippen LogP contribution in [0.2, 0.25) is 0 Å². The molecule has 5 nitrogen and oxygen atoms in total. The summed E-state index contributed by atoms with van der Waals surface area (Å²) in [6.07, 6.45) is 3.95. The van der Waals surface area contributed by atoms with Gasteiger partial charge in [-0.3, -0.25) is 9.13 Å². The number of hydrogen-bond acceptors (Lipinski definition) is 3. The first kappa shape index (κ1) is 13.9. The SMILES string of the molecule is CCn1ccn(CCOc2ccc(CC#N)cc2)c1=O. The number of hydrogen-bond donors (Lipinski definition) is 0. The summed E-state index contributed by atoms with van der Waals surface area (Å²) in [5, 5.41) is 8.59. The van der Waals surface area contributed by atoms with Gasteiger partial charge in [0.2, 0.25) is 0 Å². The Morgan fingerprint density at radius 1 is 1.20 bits per heavy atom. The molecular weight excluding hydrogens is 254 g/mol. The third-order valence-corrected chi connectivity index (χ3v) is 3.07. The third-order valence-electron chi connectivity index (χ3n) is 3.07. The lowest BCUT2D eigenvalue weighted by atomic mass is 10.2. The van der Waals surface area contributed by atoms with Crippen LogP contribution in [-0.2, 0) is 19.5 Å². The second-order valence-corrected chi connectivity index (χ2v) is 4.39. The average molecular weight is 271 g/mol. The summed E-state index contributed by atoms with van der Waals surface area (Å²) in [6, 6.07) is 9.53. The molecule has 2 aromatic rings. The molecule has 0 aliphatic rings. The number of imidazole rings is 1. The van der Waals surface area contributed by atoms with Crippen LogP contribution in [0, 0.1) is 11.3 Å². The minimum absolute atomic E-state index is 0.0135. The largest absolute Gasteiger partial charge is 0.492 e. The zero-order chi connectivity index (χ0) is 14.4. The van der Waals surface area contributed by atoms with Gasteiger partial charge in [-0.2, -0.15) is 5.26 Å². The zero-order valence-electron chi connectivity index (χ0n) is 11.5. The van der Waals surface area contributed by atoms with E-state index in [0.29, 0.717) is 26.1 Å². The summed E-state index contributed by atoms with van der Waals surface area (Å²) in [6.45, 7) is 3.56. The molecule has 5 heteroatoms. The molecule has 0 spiro atoms. The zero-order valence-corrected chi connectivity index (χ0v) is 11.5. The van der Waals surface area contributed by atoms with Crippen molar-refractivity contribution in [1.82, 2.24) is 9.13 Å². The van der Waals surface area contributed by atoms with Crippen molar-refractivity contribution in [3.63, 3.8) is 0 Å². The molecule has 0 atom stereocenters. The number of ether oxygens (including phenoxy) is 1. The topological polar surface area (TPSA) is 59.9 Å². The molecule has 104 valence electrons. The van der Waals surface area contributed by atoms with Crippen LogP contribution in [0.15, 0.2) is 41.5 Å². The molecule has 0 saturated heterocycles. The standard InChI is InChI=1S/C15H17N3O2/c1-2-17-9-10-18(15(17)19)11-12-20-14-5-3-13(4-6-14)7-8-16/h3-6,9-10H,2,7,11-12H2,1H3. The van der Waals surface area contributed by atoms with Crippen molar-refractivity contribution in [1.29, 1.82) is 5.26 Å². The van der Waals surface area contributed by atoms with Crippen molar-refractivity contribution in [2.75, 3.05) is 6.61 Å². The van der Waals surface area contributed by atoms with Gasteiger partial charge in [0.1, 0.15) is 12.4 Å². The van der Waals surface area contributed by atoms with Gasteiger partial charge in [-0.1, -0.05) is 12.1 Å². The van der Waals surface area contributed by atoms with Gasteiger partial charge < -0.3 is 4.74 Å². The Bertz CT molecular complexity index is 647. The Hall–Kier alpha value is -2.48. The average Bonchev–Trinajstić information content (AvgIpc) is 2.82. The highest BCUT2D eigenvalue weighted by molar-refractivity contribution is 5.28. The summed E-state index contributed by atoms with van der Waals surface area (Å²) in [7, 11) is 0. The maximum atomic E-state index is 11.8. The van der Waals surface area contributed by atoms with E-state index in [-0.39, 0.29) is 5.69 Å². The summed E-state index contributed by atoms with van der Waals surface area (Å²) >= 11 is 0. The summed E-state index contributed by atoms with van der Waals surface area (Å²) < 4.78 is 8.87. The van der Waals surface area contributed by atoms with Crippen molar-refractivity contribution < 1.29 is 4.74 Å². The normalized spacial score (nSPS) is 10.2. The lowest BCUT2D eigenvalue weighted by Crippen LogP contribution is -2.25. The van der Waals surface area contributed by atoms with Crippen molar-refractivity contribution >= 4 is 0 Å². The molecule has 0 amide bonds. The molecule has 2 rings (SSSR count). The van der Waals surface area contributed by atoms with Crippen LogP contribution in [0.4, 0.5) is 0 Å². The van der Waals surface area contributed by atoms with E-state index in [0.717, 1.165) is 11.3 Å². The molecule has 1 aromatic heterocycles. The first-order chi connectivity index (χ1) is 9.74. The molecular formula is C15H17N3O2. The van der Waals surface area contributed by atoms with E-state index in [1.807, 2.05) is 31.2 Å². The van der Waals surface area contributed by atoms with Gasteiger partial charge in [0.15, 0.2) is 0 Å². The molecule has 0 N–H and O–H groups in total. The van der Waals surface area contributed by atoms with Crippen LogP contribution in [-0.4, -0.2) is 15.7 Å². The van der Waals surface area contributed by atoms with Crippen LogP contribution in [0.5, 0.6) is 5.75 Å². The fraction of sp³-hybridized carbons (Fsp3) is 0.333. The smallest absolute Gasteiger partial charge is 0.328 e. The lowest BCUT2D eigenvalue weighted by molar-refractivity contribution is 0.296. The second-order valence-electron chi connectivity index (χ2n) is 4.39. The van der Waals surface area contributed by atoms with E-state index < -0.39 is 0 Å². The summed E-state index contributed by atoms with van der Waals surface area (Å²) in [4.78, 5) is 11.8. The number of nitrogens with zero attached hydrogens (tertiary/aromatic N) is 3. The van der Waals surface area contributed by atoms with Crippen LogP contribution >= 0.6 is 0 Å². The van der Waals surface area contributed by atoms with E-state index >= 15 is 0 Å². The lowest BCUT2D eigenvalue weighted by Gasteiger charge is -2.06. The number of aryl methyl sites for hydroxylation is 1. The highest BCUT2D eigenvalue weighted by Crippen LogP contribution is 2.12. The van der Waals surface area contributed by atoms with Gasteiger partial charge in [0.25, 0.3) is 0 Å². The van der Waals surface area contributed by atoms with Gasteiger partial charge in [0.05, 0.1) is 19.0 Å². The quantitative estimate of drug-likeness (QED) is 0.805. The van der Waals surface area contributed by atoms with E-state index in [2.05, 4.69) is 6.07 Å². The predicted molar refractivity (Wildman–Crippen MR) is 75.6 cm³/mol. The minimum Gasteiger partial charge on any atom is -0.492 e. The first-order valence-electron chi connectivity index (χ1n) is 6.59. The molecule has 0 aliphatic heterocycles. The molecule has 20 heavy (non-hydrogen) atoms. The van der Waals surface area contributed by atoms with Crippen molar-refractivity contribution in [2.45, 2.75) is 26.4 Å². The maximum Gasteiger partial charge on any atom is 0.328 e. The van der Waals surface area contributed by atoms with Gasteiger partial charge in [-0.05, 0) is 24.6 Å². The monoisotopic (exact) mass is 271 g/mol. The highest BCUT2D eigenvalue weighted by Gasteiger charge is 2.01. The van der Waals surface area contributed by atoms with E-state index in [1.54, 1.807) is 21.5 Å². The second kappa shape index (κ2) is 6.62. The van der Waals surface area contributed by atoms with Gasteiger partial charge in [0, 0.05) is 18.9 Å². The highest BCUT2D eigenvalue weighted by atomic mass is 16.5. The first-order valence-corrected chi connectivity index (χ1v) is 6.59. The Labute approximate surface area is 117 Å².